The Balaban J connectivity index is 1.97. The molecule has 1 aliphatic rings. The van der Waals surface area contributed by atoms with E-state index < -0.39 is 22.0 Å². The number of aryl methyl sites for hydroxylation is 1. The maximum Gasteiger partial charge on any atom is 0.232 e. The van der Waals surface area contributed by atoms with Crippen molar-refractivity contribution in [2.75, 3.05) is 0 Å². The topological polar surface area (TPSA) is 22.1 Å². The van der Waals surface area contributed by atoms with Crippen molar-refractivity contribution < 1.29 is 4.43 Å². The van der Waals surface area contributed by atoms with Crippen molar-refractivity contribution in [3.63, 3.8) is 0 Å². The summed E-state index contributed by atoms with van der Waals surface area (Å²) in [4.78, 5) is 4.72. The average molecular weight is 484 g/mol. The highest BCUT2D eigenvalue weighted by molar-refractivity contribution is 6.90. The normalized spacial score (nSPS) is 19.6. The summed E-state index contributed by atoms with van der Waals surface area (Å²) < 4.78 is 7.71. The second kappa shape index (κ2) is 9.30. The lowest BCUT2D eigenvalue weighted by atomic mass is 9.90. The number of aromatic nitrogens is 1. The summed E-state index contributed by atoms with van der Waals surface area (Å²) in [6.07, 6.45) is 3.59. The van der Waals surface area contributed by atoms with Crippen molar-refractivity contribution in [1.82, 2.24) is 4.98 Å². The Kier molecular flexibility index (Phi) is 6.74. The standard InChI is InChI=1S/C30H37NOSi2/c1-29(2,3)34(22-19-25-14-10-11-18-28(25)34)32-30(20-23-33(4,5)6,26-15-8-7-9-16-26)24-27-17-12-13-21-31-27/h7-18,21H,19,22,24H2,1-6H3/t30-,34-/m1/s1. The van der Waals surface area contributed by atoms with Crippen LogP contribution in [0.1, 0.15) is 37.6 Å². The molecule has 0 fully saturated rings. The molecule has 2 atom stereocenters. The maximum absolute atomic E-state index is 7.71. The van der Waals surface area contributed by atoms with Gasteiger partial charge in [0, 0.05) is 18.3 Å². The van der Waals surface area contributed by atoms with E-state index in [9.17, 15) is 0 Å². The number of nitrogens with zero attached hydrogens (tertiary/aromatic N) is 1. The predicted octanol–water partition coefficient (Wildman–Crippen LogP) is 6.63. The van der Waals surface area contributed by atoms with E-state index in [0.717, 1.165) is 23.7 Å². The minimum atomic E-state index is -2.44. The average Bonchev–Trinajstić information content (AvgIpc) is 3.18. The minimum absolute atomic E-state index is 0.0184. The largest absolute Gasteiger partial charge is 0.392 e. The molecule has 1 aliphatic heterocycles. The van der Waals surface area contributed by atoms with Crippen molar-refractivity contribution in [1.29, 1.82) is 0 Å². The van der Waals surface area contributed by atoms with Gasteiger partial charge in [0.2, 0.25) is 8.32 Å². The third-order valence-electron chi connectivity index (χ3n) is 6.79. The zero-order chi connectivity index (χ0) is 24.5. The van der Waals surface area contributed by atoms with Crippen LogP contribution < -0.4 is 5.19 Å². The van der Waals surface area contributed by atoms with Crippen LogP contribution in [0.2, 0.25) is 30.7 Å². The fourth-order valence-electron chi connectivity index (χ4n) is 5.01. The third-order valence-corrected chi connectivity index (χ3v) is 13.1. The molecule has 0 radical (unpaired) electrons. The highest BCUT2D eigenvalue weighted by Crippen LogP contribution is 2.48. The monoisotopic (exact) mass is 483 g/mol. The van der Waals surface area contributed by atoms with Gasteiger partial charge in [-0.25, -0.2) is 0 Å². The van der Waals surface area contributed by atoms with Gasteiger partial charge >= 0.3 is 0 Å². The summed E-state index contributed by atoms with van der Waals surface area (Å²) in [7, 11) is -4.10. The Hall–Kier alpha value is -2.46. The van der Waals surface area contributed by atoms with Crippen LogP contribution in [0.15, 0.2) is 79.0 Å². The van der Waals surface area contributed by atoms with Gasteiger partial charge in [0.05, 0.1) is 0 Å². The molecule has 3 aromatic rings. The Labute approximate surface area is 208 Å². The summed E-state index contributed by atoms with van der Waals surface area (Å²) in [6.45, 7) is 14.0. The molecular formula is C30H37NOSi2. The first-order valence-electron chi connectivity index (χ1n) is 12.3. The van der Waals surface area contributed by atoms with Crippen LogP contribution >= 0.6 is 0 Å². The van der Waals surface area contributed by atoms with Crippen molar-refractivity contribution in [3.05, 3.63) is 95.8 Å². The fourth-order valence-corrected chi connectivity index (χ4v) is 10.5. The predicted molar refractivity (Wildman–Crippen MR) is 148 cm³/mol. The third kappa shape index (κ3) is 4.98. The number of rotatable bonds is 5. The van der Waals surface area contributed by atoms with Crippen LogP contribution in [0.25, 0.3) is 0 Å². The summed E-state index contributed by atoms with van der Waals surface area (Å²) in [5.41, 5.74) is 6.56. The molecule has 4 heteroatoms. The molecule has 2 nitrogen and oxygen atoms in total. The van der Waals surface area contributed by atoms with Crippen molar-refractivity contribution in [2.24, 2.45) is 0 Å². The van der Waals surface area contributed by atoms with E-state index >= 15 is 0 Å². The SMILES string of the molecule is CC(C)(C)[Si@@]1(O[C@](C#C[Si](C)(C)C)(Cc2ccccn2)c2ccccc2)CCc2ccccc21. The van der Waals surface area contributed by atoms with Gasteiger partial charge in [-0.05, 0) is 45.9 Å². The molecule has 0 saturated heterocycles. The Morgan fingerprint density at radius 2 is 1.59 bits per heavy atom. The summed E-state index contributed by atoms with van der Waals surface area (Å²) in [5.74, 6) is 3.78. The van der Waals surface area contributed by atoms with Gasteiger partial charge in [-0.1, -0.05) is 107 Å². The number of hydrogen-bond donors (Lipinski definition) is 0. The maximum atomic E-state index is 7.71. The first-order valence-corrected chi connectivity index (χ1v) is 17.9. The van der Waals surface area contributed by atoms with E-state index in [0.29, 0.717) is 6.42 Å². The molecule has 0 unspecified atom stereocenters. The van der Waals surface area contributed by atoms with E-state index in [2.05, 4.69) is 119 Å². The lowest BCUT2D eigenvalue weighted by molar-refractivity contribution is 0.111. The van der Waals surface area contributed by atoms with E-state index in [-0.39, 0.29) is 5.04 Å². The highest BCUT2D eigenvalue weighted by atomic mass is 28.4. The highest BCUT2D eigenvalue weighted by Gasteiger charge is 2.56. The molecular weight excluding hydrogens is 447 g/mol. The van der Waals surface area contributed by atoms with Crippen molar-refractivity contribution in [2.45, 2.75) is 69.9 Å². The van der Waals surface area contributed by atoms with E-state index in [1.165, 1.54) is 10.8 Å². The number of benzene rings is 2. The van der Waals surface area contributed by atoms with Gasteiger partial charge in [-0.15, -0.1) is 5.54 Å². The molecule has 2 heterocycles. The molecule has 0 saturated carbocycles. The molecule has 2 aromatic carbocycles. The molecule has 0 N–H and O–H groups in total. The smallest absolute Gasteiger partial charge is 0.232 e. The van der Waals surface area contributed by atoms with Gasteiger partial charge in [0.15, 0.2) is 0 Å². The van der Waals surface area contributed by atoms with Gasteiger partial charge in [0.1, 0.15) is 13.7 Å². The van der Waals surface area contributed by atoms with Gasteiger partial charge < -0.3 is 4.43 Å². The summed E-state index contributed by atoms with van der Waals surface area (Å²) in [6, 6.07) is 26.8. The Morgan fingerprint density at radius 3 is 2.24 bits per heavy atom. The van der Waals surface area contributed by atoms with Crippen LogP contribution in [0, 0.1) is 11.5 Å². The van der Waals surface area contributed by atoms with E-state index in [4.69, 9.17) is 9.41 Å². The van der Waals surface area contributed by atoms with Crippen molar-refractivity contribution in [3.8, 4) is 11.5 Å². The summed E-state index contributed by atoms with van der Waals surface area (Å²) >= 11 is 0. The van der Waals surface area contributed by atoms with E-state index in [1.807, 2.05) is 12.3 Å². The quantitative estimate of drug-likeness (QED) is 0.300. The molecule has 0 aliphatic carbocycles. The van der Waals surface area contributed by atoms with Crippen LogP contribution in [0.3, 0.4) is 0 Å². The zero-order valence-corrected chi connectivity index (χ0v) is 23.5. The second-order valence-corrected chi connectivity index (χ2v) is 20.7. The van der Waals surface area contributed by atoms with Crippen LogP contribution in [0.4, 0.5) is 0 Å². The minimum Gasteiger partial charge on any atom is -0.392 e. The number of fused-ring (bicyclic) bond motifs is 1. The Bertz CT molecular complexity index is 1190. The van der Waals surface area contributed by atoms with Gasteiger partial charge in [0.25, 0.3) is 0 Å². The molecule has 4 rings (SSSR count). The second-order valence-electron chi connectivity index (χ2n) is 11.5. The van der Waals surface area contributed by atoms with Gasteiger partial charge in [-0.2, -0.15) is 0 Å². The lowest BCUT2D eigenvalue weighted by Crippen LogP contribution is -2.60. The lowest BCUT2D eigenvalue weighted by Gasteiger charge is -2.46. The molecule has 34 heavy (non-hydrogen) atoms. The molecule has 0 spiro atoms. The van der Waals surface area contributed by atoms with Crippen LogP contribution in [-0.4, -0.2) is 21.4 Å². The molecule has 0 bridgehead atoms. The van der Waals surface area contributed by atoms with Crippen LogP contribution in [-0.2, 0) is 22.9 Å². The fraction of sp³-hybridized carbons (Fsp3) is 0.367. The van der Waals surface area contributed by atoms with E-state index in [1.54, 1.807) is 0 Å². The first-order chi connectivity index (χ1) is 16.0. The van der Waals surface area contributed by atoms with Crippen molar-refractivity contribution >= 4 is 21.6 Å². The molecule has 176 valence electrons. The van der Waals surface area contributed by atoms with Crippen LogP contribution in [0.5, 0.6) is 0 Å². The summed E-state index contributed by atoms with van der Waals surface area (Å²) in [5, 5.41) is 1.46. The molecule has 0 amide bonds. The number of pyridine rings is 1. The molecule has 1 aromatic heterocycles. The van der Waals surface area contributed by atoms with Gasteiger partial charge in [-0.3, -0.25) is 4.98 Å². The zero-order valence-electron chi connectivity index (χ0n) is 21.5. The first kappa shape index (κ1) is 24.7. The Morgan fingerprint density at radius 1 is 0.912 bits per heavy atom. The number of hydrogen-bond acceptors (Lipinski definition) is 2.